The van der Waals surface area contributed by atoms with Crippen molar-refractivity contribution in [3.63, 3.8) is 0 Å². The van der Waals surface area contributed by atoms with E-state index in [1.165, 1.54) is 4.90 Å². The first-order valence-electron chi connectivity index (χ1n) is 7.69. The summed E-state index contributed by atoms with van der Waals surface area (Å²) in [6.45, 7) is 3.46. The van der Waals surface area contributed by atoms with Crippen molar-refractivity contribution in [1.82, 2.24) is 10.2 Å². The summed E-state index contributed by atoms with van der Waals surface area (Å²) in [4.78, 5) is 26.7. The molecular weight excluding hydrogens is 259 g/mol. The van der Waals surface area contributed by atoms with Crippen LogP contribution >= 0.6 is 0 Å². The van der Waals surface area contributed by atoms with Gasteiger partial charge >= 0.3 is 0 Å². The first-order valence-corrected chi connectivity index (χ1v) is 7.69. The third kappa shape index (κ3) is 2.81. The summed E-state index contributed by atoms with van der Waals surface area (Å²) < 4.78 is 12.8. The Morgan fingerprint density at radius 2 is 1.95 bits per heavy atom. The monoisotopic (exact) mass is 284 g/mol. The topological polar surface area (TPSA) is 49.4 Å². The summed E-state index contributed by atoms with van der Waals surface area (Å²) in [6, 6.07) is -0.509. The number of halogens is 1. The lowest BCUT2D eigenvalue weighted by Crippen LogP contribution is -2.71. The average Bonchev–Trinajstić information content (AvgIpc) is 2.41. The summed E-state index contributed by atoms with van der Waals surface area (Å²) in [6.07, 6.45) is 4.97. The lowest BCUT2D eigenvalue weighted by atomic mass is 9.78. The minimum Gasteiger partial charge on any atom is -0.340 e. The number of nitrogens with one attached hydrogen (secondary N) is 1. The SMILES string of the molecule is CC(C)CC1C(=O)NC2(CCCCC2)C(=O)N1CCF. The van der Waals surface area contributed by atoms with E-state index in [2.05, 4.69) is 5.32 Å². The molecule has 1 unspecified atom stereocenters. The van der Waals surface area contributed by atoms with E-state index in [-0.39, 0.29) is 18.4 Å². The Balaban J connectivity index is 2.23. The van der Waals surface area contributed by atoms with Crippen LogP contribution in [0.1, 0.15) is 52.4 Å². The van der Waals surface area contributed by atoms with Crippen molar-refractivity contribution in [3.8, 4) is 0 Å². The minimum atomic E-state index is -0.752. The van der Waals surface area contributed by atoms with Gasteiger partial charge in [0.25, 0.3) is 0 Å². The van der Waals surface area contributed by atoms with E-state index in [0.717, 1.165) is 19.3 Å². The van der Waals surface area contributed by atoms with E-state index < -0.39 is 18.3 Å². The predicted molar refractivity (Wildman–Crippen MR) is 74.9 cm³/mol. The largest absolute Gasteiger partial charge is 0.340 e. The quantitative estimate of drug-likeness (QED) is 0.859. The van der Waals surface area contributed by atoms with Gasteiger partial charge in [0.05, 0.1) is 0 Å². The Morgan fingerprint density at radius 1 is 1.30 bits per heavy atom. The Labute approximate surface area is 120 Å². The molecule has 4 nitrogen and oxygen atoms in total. The van der Waals surface area contributed by atoms with Crippen LogP contribution in [0.15, 0.2) is 0 Å². The number of amides is 2. The summed E-state index contributed by atoms with van der Waals surface area (Å²) >= 11 is 0. The number of alkyl halides is 1. The van der Waals surface area contributed by atoms with Crippen LogP contribution in [0.5, 0.6) is 0 Å². The summed E-state index contributed by atoms with van der Waals surface area (Å²) in [5.74, 6) is 0.120. The number of carbonyl (C=O) groups excluding carboxylic acids is 2. The van der Waals surface area contributed by atoms with Gasteiger partial charge in [0.2, 0.25) is 11.8 Å². The van der Waals surface area contributed by atoms with Crippen molar-refractivity contribution in [1.29, 1.82) is 0 Å². The maximum atomic E-state index is 12.8. The standard InChI is InChI=1S/C15H25FN2O2/c1-11(2)10-12-13(19)17-15(6-4-3-5-7-15)14(20)18(12)9-8-16/h11-12H,3-10H2,1-2H3,(H,17,19). The van der Waals surface area contributed by atoms with Gasteiger partial charge < -0.3 is 10.2 Å². The molecule has 1 atom stereocenters. The first-order chi connectivity index (χ1) is 9.50. The molecule has 2 fully saturated rings. The van der Waals surface area contributed by atoms with E-state index in [9.17, 15) is 14.0 Å². The third-order valence-corrected chi connectivity index (χ3v) is 4.44. The van der Waals surface area contributed by atoms with Crippen molar-refractivity contribution in [2.45, 2.75) is 64.0 Å². The van der Waals surface area contributed by atoms with Crippen molar-refractivity contribution < 1.29 is 14.0 Å². The molecule has 1 saturated carbocycles. The van der Waals surface area contributed by atoms with Gasteiger partial charge in [-0.2, -0.15) is 0 Å². The fourth-order valence-corrected chi connectivity index (χ4v) is 3.45. The van der Waals surface area contributed by atoms with Crippen LogP contribution in [-0.2, 0) is 9.59 Å². The molecule has 1 aliphatic heterocycles. The normalized spacial score (nSPS) is 26.2. The van der Waals surface area contributed by atoms with Gasteiger partial charge in [-0.3, -0.25) is 9.59 Å². The zero-order valence-electron chi connectivity index (χ0n) is 12.5. The molecule has 0 aromatic rings. The minimum absolute atomic E-state index is 0.0331. The summed E-state index contributed by atoms with van der Waals surface area (Å²) in [7, 11) is 0. The van der Waals surface area contributed by atoms with E-state index in [0.29, 0.717) is 25.2 Å². The molecule has 0 aromatic heterocycles. The number of piperazine rings is 1. The second-order valence-corrected chi connectivity index (χ2v) is 6.46. The lowest BCUT2D eigenvalue weighted by molar-refractivity contribution is -0.157. The van der Waals surface area contributed by atoms with Gasteiger partial charge in [0.1, 0.15) is 18.3 Å². The summed E-state index contributed by atoms with van der Waals surface area (Å²) in [5, 5.41) is 2.97. The van der Waals surface area contributed by atoms with Gasteiger partial charge in [0, 0.05) is 6.54 Å². The van der Waals surface area contributed by atoms with Gasteiger partial charge in [-0.25, -0.2) is 4.39 Å². The third-order valence-electron chi connectivity index (χ3n) is 4.44. The highest BCUT2D eigenvalue weighted by molar-refractivity contribution is 5.99. The molecule has 1 N–H and O–H groups in total. The highest BCUT2D eigenvalue weighted by Gasteiger charge is 2.50. The second-order valence-electron chi connectivity index (χ2n) is 6.46. The fraction of sp³-hybridized carbons (Fsp3) is 0.867. The molecule has 0 aromatic carbocycles. The number of nitrogens with zero attached hydrogens (tertiary/aromatic N) is 1. The molecular formula is C15H25FN2O2. The highest BCUT2D eigenvalue weighted by Crippen LogP contribution is 2.34. The van der Waals surface area contributed by atoms with Crippen molar-refractivity contribution in [2.24, 2.45) is 5.92 Å². The van der Waals surface area contributed by atoms with Crippen LogP contribution in [-0.4, -0.2) is 41.5 Å². The van der Waals surface area contributed by atoms with E-state index in [1.807, 2.05) is 13.8 Å². The van der Waals surface area contributed by atoms with Crippen LogP contribution in [0, 0.1) is 5.92 Å². The number of hydrogen-bond acceptors (Lipinski definition) is 2. The fourth-order valence-electron chi connectivity index (χ4n) is 3.45. The smallest absolute Gasteiger partial charge is 0.249 e. The van der Waals surface area contributed by atoms with Crippen molar-refractivity contribution >= 4 is 11.8 Å². The van der Waals surface area contributed by atoms with Crippen molar-refractivity contribution in [3.05, 3.63) is 0 Å². The Morgan fingerprint density at radius 3 is 2.50 bits per heavy atom. The molecule has 0 bridgehead atoms. The van der Waals surface area contributed by atoms with Crippen LogP contribution in [0.4, 0.5) is 4.39 Å². The lowest BCUT2D eigenvalue weighted by Gasteiger charge is -2.47. The maximum absolute atomic E-state index is 12.8. The number of hydrogen-bond donors (Lipinski definition) is 1. The second kappa shape index (κ2) is 6.10. The molecule has 2 rings (SSSR count). The Hall–Kier alpha value is -1.13. The highest BCUT2D eigenvalue weighted by atomic mass is 19.1. The zero-order chi connectivity index (χ0) is 14.8. The van der Waals surface area contributed by atoms with Crippen LogP contribution in [0.25, 0.3) is 0 Å². The molecule has 2 aliphatic rings. The maximum Gasteiger partial charge on any atom is 0.249 e. The molecule has 1 heterocycles. The Bertz CT molecular complexity index is 378. The molecule has 0 radical (unpaired) electrons. The first kappa shape index (κ1) is 15.3. The van der Waals surface area contributed by atoms with Gasteiger partial charge in [-0.15, -0.1) is 0 Å². The Kier molecular flexibility index (Phi) is 4.66. The molecule has 1 aliphatic carbocycles. The molecule has 2 amide bonds. The summed E-state index contributed by atoms with van der Waals surface area (Å²) in [5.41, 5.74) is -0.752. The molecule has 1 spiro atoms. The molecule has 114 valence electrons. The van der Waals surface area contributed by atoms with Crippen molar-refractivity contribution in [2.75, 3.05) is 13.2 Å². The predicted octanol–water partition coefficient (Wildman–Crippen LogP) is 2.03. The van der Waals surface area contributed by atoms with E-state index in [1.54, 1.807) is 0 Å². The van der Waals surface area contributed by atoms with E-state index >= 15 is 0 Å². The van der Waals surface area contributed by atoms with Gasteiger partial charge in [-0.1, -0.05) is 33.1 Å². The van der Waals surface area contributed by atoms with Gasteiger partial charge in [0.15, 0.2) is 0 Å². The zero-order valence-corrected chi connectivity index (χ0v) is 12.5. The average molecular weight is 284 g/mol. The molecule has 20 heavy (non-hydrogen) atoms. The number of carbonyl (C=O) groups is 2. The van der Waals surface area contributed by atoms with Crippen LogP contribution in [0.3, 0.4) is 0 Å². The molecule has 1 saturated heterocycles. The molecule has 5 heteroatoms. The van der Waals surface area contributed by atoms with Crippen LogP contribution in [0.2, 0.25) is 0 Å². The number of rotatable bonds is 4. The van der Waals surface area contributed by atoms with Crippen LogP contribution < -0.4 is 5.32 Å². The van der Waals surface area contributed by atoms with Gasteiger partial charge in [-0.05, 0) is 25.2 Å². The van der Waals surface area contributed by atoms with E-state index in [4.69, 9.17) is 0 Å².